The molecule has 3 nitrogen and oxygen atoms in total. The first-order valence-electron chi connectivity index (χ1n) is 5.88. The summed E-state index contributed by atoms with van der Waals surface area (Å²) in [7, 11) is -3.33. The molecule has 0 aliphatic carbocycles. The second kappa shape index (κ2) is 6.04. The van der Waals surface area contributed by atoms with Crippen LogP contribution < -0.4 is 4.72 Å². The van der Waals surface area contributed by atoms with Gasteiger partial charge in [0.25, 0.3) is 0 Å². The highest BCUT2D eigenvalue weighted by atomic mass is 35.5. The average Bonchev–Trinajstić information content (AvgIpc) is 2.28. The van der Waals surface area contributed by atoms with E-state index in [1.807, 2.05) is 37.3 Å². The number of halogens is 1. The van der Waals surface area contributed by atoms with Gasteiger partial charge in [0, 0.05) is 11.4 Å². The van der Waals surface area contributed by atoms with E-state index in [1.54, 1.807) is 13.8 Å². The van der Waals surface area contributed by atoms with E-state index in [0.29, 0.717) is 0 Å². The molecule has 0 amide bonds. The molecule has 0 aliphatic heterocycles. The molecule has 0 saturated carbocycles. The van der Waals surface area contributed by atoms with Crippen molar-refractivity contribution in [2.24, 2.45) is 0 Å². The van der Waals surface area contributed by atoms with Gasteiger partial charge in [-0.15, -0.1) is 11.6 Å². The molecule has 5 heteroatoms. The molecule has 1 aromatic carbocycles. The van der Waals surface area contributed by atoms with Crippen LogP contribution in [-0.2, 0) is 10.0 Å². The van der Waals surface area contributed by atoms with Gasteiger partial charge in [-0.1, -0.05) is 37.3 Å². The SMILES string of the molecule is CC(CS(=O)(=O)NC(C)(C)CCl)c1ccccc1. The molecule has 0 radical (unpaired) electrons. The van der Waals surface area contributed by atoms with E-state index >= 15 is 0 Å². The van der Waals surface area contributed by atoms with E-state index in [0.717, 1.165) is 5.56 Å². The molecule has 0 aliphatic rings. The number of hydrogen-bond acceptors (Lipinski definition) is 2. The minimum absolute atomic E-state index is 0.0465. The zero-order valence-electron chi connectivity index (χ0n) is 11.0. The van der Waals surface area contributed by atoms with Crippen molar-refractivity contribution in [3.63, 3.8) is 0 Å². The van der Waals surface area contributed by atoms with Crippen molar-refractivity contribution in [3.05, 3.63) is 35.9 Å². The maximum Gasteiger partial charge on any atom is 0.212 e. The second-order valence-corrected chi connectivity index (χ2v) is 7.25. The van der Waals surface area contributed by atoms with Crippen LogP contribution in [0.1, 0.15) is 32.3 Å². The summed E-state index contributed by atoms with van der Waals surface area (Å²) in [5.41, 5.74) is 0.406. The molecule has 1 unspecified atom stereocenters. The first-order chi connectivity index (χ1) is 8.26. The Hall–Kier alpha value is -0.580. The number of benzene rings is 1. The number of sulfonamides is 1. The van der Waals surface area contributed by atoms with Crippen LogP contribution in [0.5, 0.6) is 0 Å². The molecule has 0 spiro atoms. The van der Waals surface area contributed by atoms with E-state index in [-0.39, 0.29) is 17.6 Å². The smallest absolute Gasteiger partial charge is 0.212 e. The largest absolute Gasteiger partial charge is 0.212 e. The zero-order valence-corrected chi connectivity index (χ0v) is 12.6. The van der Waals surface area contributed by atoms with Gasteiger partial charge in [-0.25, -0.2) is 13.1 Å². The third-order valence-electron chi connectivity index (χ3n) is 2.60. The van der Waals surface area contributed by atoms with Crippen LogP contribution in [0.2, 0.25) is 0 Å². The van der Waals surface area contributed by atoms with Crippen molar-refractivity contribution < 1.29 is 8.42 Å². The van der Waals surface area contributed by atoms with Crippen molar-refractivity contribution in [1.29, 1.82) is 0 Å². The van der Waals surface area contributed by atoms with Gasteiger partial charge >= 0.3 is 0 Å². The Balaban J connectivity index is 2.72. The summed E-state index contributed by atoms with van der Waals surface area (Å²) >= 11 is 5.73. The molecule has 18 heavy (non-hydrogen) atoms. The van der Waals surface area contributed by atoms with E-state index in [2.05, 4.69) is 4.72 Å². The lowest BCUT2D eigenvalue weighted by atomic mass is 10.0. The summed E-state index contributed by atoms with van der Waals surface area (Å²) in [6.45, 7) is 5.44. The summed E-state index contributed by atoms with van der Waals surface area (Å²) in [4.78, 5) is 0. The van der Waals surface area contributed by atoms with E-state index in [4.69, 9.17) is 11.6 Å². The number of hydrogen-bond donors (Lipinski definition) is 1. The van der Waals surface area contributed by atoms with Gasteiger partial charge < -0.3 is 0 Å². The molecule has 1 rings (SSSR count). The van der Waals surface area contributed by atoms with E-state index < -0.39 is 15.6 Å². The third kappa shape index (κ3) is 4.96. The Morgan fingerprint density at radius 1 is 1.28 bits per heavy atom. The van der Waals surface area contributed by atoms with Gasteiger partial charge in [0.15, 0.2) is 0 Å². The fourth-order valence-corrected chi connectivity index (χ4v) is 3.69. The fourth-order valence-electron chi connectivity index (χ4n) is 1.70. The first-order valence-corrected chi connectivity index (χ1v) is 8.07. The summed E-state index contributed by atoms with van der Waals surface area (Å²) in [6, 6.07) is 9.61. The van der Waals surface area contributed by atoms with Crippen LogP contribution in [-0.4, -0.2) is 25.6 Å². The van der Waals surface area contributed by atoms with Gasteiger partial charge in [0.2, 0.25) is 10.0 Å². The van der Waals surface area contributed by atoms with Gasteiger partial charge in [0.05, 0.1) is 5.75 Å². The Kier molecular flexibility index (Phi) is 5.20. The van der Waals surface area contributed by atoms with E-state index in [1.165, 1.54) is 0 Å². The lowest BCUT2D eigenvalue weighted by Crippen LogP contribution is -2.46. The monoisotopic (exact) mass is 289 g/mol. The minimum atomic E-state index is -3.33. The normalized spacial score (nSPS) is 14.4. The molecule has 0 heterocycles. The molecular weight excluding hydrogens is 270 g/mol. The summed E-state index contributed by atoms with van der Waals surface area (Å²) in [5.74, 6) is 0.262. The standard InChI is InChI=1S/C13H20ClNO2S/c1-11(12-7-5-4-6-8-12)9-18(16,17)15-13(2,3)10-14/h4-8,11,15H,9-10H2,1-3H3. The summed E-state index contributed by atoms with van der Waals surface area (Å²) in [5, 5.41) is 0. The molecular formula is C13H20ClNO2S. The predicted octanol–water partition coefficient (Wildman–Crippen LogP) is 2.73. The van der Waals surface area contributed by atoms with Crippen LogP contribution in [0.4, 0.5) is 0 Å². The average molecular weight is 290 g/mol. The Labute approximate surface area is 115 Å². The van der Waals surface area contributed by atoms with Crippen LogP contribution in [0.3, 0.4) is 0 Å². The minimum Gasteiger partial charge on any atom is -0.212 e. The quantitative estimate of drug-likeness (QED) is 0.819. The maximum absolute atomic E-state index is 12.0. The highest BCUT2D eigenvalue weighted by Crippen LogP contribution is 2.17. The van der Waals surface area contributed by atoms with Crippen molar-refractivity contribution >= 4 is 21.6 Å². The molecule has 1 aromatic rings. The molecule has 1 atom stereocenters. The van der Waals surface area contributed by atoms with Crippen molar-refractivity contribution in [3.8, 4) is 0 Å². The van der Waals surface area contributed by atoms with Crippen LogP contribution in [0.15, 0.2) is 30.3 Å². The van der Waals surface area contributed by atoms with Crippen molar-refractivity contribution in [1.82, 2.24) is 4.72 Å². The third-order valence-corrected chi connectivity index (χ3v) is 5.07. The topological polar surface area (TPSA) is 46.2 Å². The number of nitrogens with one attached hydrogen (secondary N) is 1. The zero-order chi connectivity index (χ0) is 13.8. The summed E-state index contributed by atoms with van der Waals surface area (Å²) < 4.78 is 26.7. The molecule has 0 saturated heterocycles. The maximum atomic E-state index is 12.0. The van der Waals surface area contributed by atoms with Crippen LogP contribution >= 0.6 is 11.6 Å². The van der Waals surface area contributed by atoms with Crippen LogP contribution in [0, 0.1) is 0 Å². The highest BCUT2D eigenvalue weighted by molar-refractivity contribution is 7.89. The van der Waals surface area contributed by atoms with Crippen LogP contribution in [0.25, 0.3) is 0 Å². The lowest BCUT2D eigenvalue weighted by Gasteiger charge is -2.24. The molecule has 1 N–H and O–H groups in total. The van der Waals surface area contributed by atoms with Gasteiger partial charge in [-0.3, -0.25) is 0 Å². The fraction of sp³-hybridized carbons (Fsp3) is 0.538. The Morgan fingerprint density at radius 3 is 2.33 bits per heavy atom. The van der Waals surface area contributed by atoms with E-state index in [9.17, 15) is 8.42 Å². The van der Waals surface area contributed by atoms with Gasteiger partial charge in [0.1, 0.15) is 0 Å². The number of rotatable bonds is 6. The Morgan fingerprint density at radius 2 is 1.83 bits per heavy atom. The molecule has 0 fully saturated rings. The molecule has 102 valence electrons. The first kappa shape index (κ1) is 15.5. The van der Waals surface area contributed by atoms with Gasteiger partial charge in [-0.05, 0) is 25.3 Å². The van der Waals surface area contributed by atoms with Crippen molar-refractivity contribution in [2.75, 3.05) is 11.6 Å². The lowest BCUT2D eigenvalue weighted by molar-refractivity contribution is 0.493. The predicted molar refractivity (Wildman–Crippen MR) is 76.6 cm³/mol. The Bertz CT molecular complexity index is 471. The molecule has 0 aromatic heterocycles. The number of alkyl halides is 1. The second-order valence-electron chi connectivity index (χ2n) is 5.21. The highest BCUT2D eigenvalue weighted by Gasteiger charge is 2.25. The molecule has 0 bridgehead atoms. The van der Waals surface area contributed by atoms with Crippen molar-refractivity contribution in [2.45, 2.75) is 32.2 Å². The summed E-state index contributed by atoms with van der Waals surface area (Å²) in [6.07, 6.45) is 0. The van der Waals surface area contributed by atoms with Gasteiger partial charge in [-0.2, -0.15) is 0 Å².